The van der Waals surface area contributed by atoms with Gasteiger partial charge >= 0.3 is 0 Å². The van der Waals surface area contributed by atoms with Gasteiger partial charge in [-0.1, -0.05) is 37.3 Å². The molecular weight excluding hydrogens is 350 g/mol. The first-order valence-electron chi connectivity index (χ1n) is 9.37. The maximum Gasteiger partial charge on any atom is 0.169 e. The van der Waals surface area contributed by atoms with Gasteiger partial charge in [-0.15, -0.1) is 10.2 Å². The van der Waals surface area contributed by atoms with E-state index in [2.05, 4.69) is 53.3 Å². The second-order valence-electron chi connectivity index (χ2n) is 7.22. The Bertz CT molecular complexity index is 1180. The largest absolute Gasteiger partial charge is 0.497 e. The summed E-state index contributed by atoms with van der Waals surface area (Å²) in [6.45, 7) is 2.25. The Balaban J connectivity index is 1.70. The zero-order valence-electron chi connectivity index (χ0n) is 16.1. The van der Waals surface area contributed by atoms with E-state index in [1.165, 1.54) is 11.3 Å². The molecule has 0 amide bonds. The standard InChI is InChI=1S/C22H21N5O/c1-14-11-18-21(26(2)19-10-5-4-9-17(14)19)23-13-27-20(24-25-22(18)27)15-7-6-8-16(12-15)28-3/h4-10,12-14H,11H2,1-3H3. The zero-order chi connectivity index (χ0) is 19.3. The number of benzene rings is 2. The van der Waals surface area contributed by atoms with Gasteiger partial charge in [0, 0.05) is 23.9 Å². The van der Waals surface area contributed by atoms with Crippen LogP contribution in [0.4, 0.5) is 11.5 Å². The van der Waals surface area contributed by atoms with Gasteiger partial charge in [-0.3, -0.25) is 4.40 Å². The Kier molecular flexibility index (Phi) is 3.79. The minimum Gasteiger partial charge on any atom is -0.497 e. The molecule has 0 saturated carbocycles. The van der Waals surface area contributed by atoms with Crippen LogP contribution >= 0.6 is 0 Å². The molecular formula is C22H21N5O. The van der Waals surface area contributed by atoms with Gasteiger partial charge in [0.1, 0.15) is 17.9 Å². The molecule has 0 N–H and O–H groups in total. The third kappa shape index (κ3) is 2.45. The molecule has 28 heavy (non-hydrogen) atoms. The molecule has 0 bridgehead atoms. The first-order chi connectivity index (χ1) is 13.7. The molecule has 1 aliphatic rings. The topological polar surface area (TPSA) is 55.6 Å². The summed E-state index contributed by atoms with van der Waals surface area (Å²) in [4.78, 5) is 6.96. The first kappa shape index (κ1) is 16.7. The lowest BCUT2D eigenvalue weighted by Gasteiger charge is -2.21. The number of hydrogen-bond donors (Lipinski definition) is 0. The average Bonchev–Trinajstić information content (AvgIpc) is 3.14. The molecule has 5 rings (SSSR count). The summed E-state index contributed by atoms with van der Waals surface area (Å²) in [6, 6.07) is 16.4. The van der Waals surface area contributed by atoms with Crippen molar-refractivity contribution in [2.45, 2.75) is 19.3 Å². The monoisotopic (exact) mass is 371 g/mol. The number of para-hydroxylation sites is 1. The van der Waals surface area contributed by atoms with E-state index in [-0.39, 0.29) is 0 Å². The molecule has 140 valence electrons. The van der Waals surface area contributed by atoms with Crippen molar-refractivity contribution in [2.24, 2.45) is 0 Å². The summed E-state index contributed by atoms with van der Waals surface area (Å²) in [5.74, 6) is 2.86. The van der Waals surface area contributed by atoms with E-state index in [0.29, 0.717) is 5.92 Å². The number of fused-ring (bicyclic) bond motifs is 4. The zero-order valence-corrected chi connectivity index (χ0v) is 16.1. The molecule has 2 aromatic carbocycles. The molecule has 2 aromatic heterocycles. The van der Waals surface area contributed by atoms with Crippen LogP contribution in [0.5, 0.6) is 5.75 Å². The van der Waals surface area contributed by atoms with Crippen LogP contribution in [0.3, 0.4) is 0 Å². The summed E-state index contributed by atoms with van der Waals surface area (Å²) >= 11 is 0. The maximum absolute atomic E-state index is 5.36. The van der Waals surface area contributed by atoms with Crippen LogP contribution in [0.25, 0.3) is 17.0 Å². The molecule has 0 spiro atoms. The van der Waals surface area contributed by atoms with E-state index >= 15 is 0 Å². The second-order valence-corrected chi connectivity index (χ2v) is 7.22. The summed E-state index contributed by atoms with van der Waals surface area (Å²) in [5.41, 5.74) is 5.45. The minimum absolute atomic E-state index is 0.366. The van der Waals surface area contributed by atoms with Gasteiger partial charge in [0.2, 0.25) is 0 Å². The molecule has 3 heterocycles. The number of aromatic nitrogens is 4. The highest BCUT2D eigenvalue weighted by atomic mass is 16.5. The normalized spacial score (nSPS) is 15.8. The van der Waals surface area contributed by atoms with Crippen molar-refractivity contribution in [1.82, 2.24) is 19.6 Å². The fraction of sp³-hybridized carbons (Fsp3) is 0.227. The molecule has 0 radical (unpaired) electrons. The smallest absolute Gasteiger partial charge is 0.169 e. The van der Waals surface area contributed by atoms with Gasteiger partial charge in [-0.05, 0) is 36.1 Å². The SMILES string of the molecule is COc1cccc(-c2nnc3c4c(ncn23)N(C)c2ccccc2C(C)C4)c1. The van der Waals surface area contributed by atoms with E-state index < -0.39 is 0 Å². The van der Waals surface area contributed by atoms with Crippen molar-refractivity contribution in [3.05, 3.63) is 66.0 Å². The van der Waals surface area contributed by atoms with Crippen LogP contribution in [0.15, 0.2) is 54.9 Å². The molecule has 0 aliphatic carbocycles. The van der Waals surface area contributed by atoms with Crippen LogP contribution in [-0.2, 0) is 6.42 Å². The number of anilines is 2. The predicted molar refractivity (Wildman–Crippen MR) is 109 cm³/mol. The molecule has 1 atom stereocenters. The van der Waals surface area contributed by atoms with E-state index in [4.69, 9.17) is 9.72 Å². The highest BCUT2D eigenvalue weighted by molar-refractivity contribution is 5.74. The molecule has 1 unspecified atom stereocenters. The summed E-state index contributed by atoms with van der Waals surface area (Å²) in [5, 5.41) is 9.02. The lowest BCUT2D eigenvalue weighted by Crippen LogP contribution is -2.14. The lowest BCUT2D eigenvalue weighted by atomic mass is 9.94. The van der Waals surface area contributed by atoms with Crippen molar-refractivity contribution in [2.75, 3.05) is 19.1 Å². The van der Waals surface area contributed by atoms with Gasteiger partial charge in [0.15, 0.2) is 11.5 Å². The van der Waals surface area contributed by atoms with E-state index in [9.17, 15) is 0 Å². The fourth-order valence-corrected chi connectivity index (χ4v) is 4.07. The molecule has 4 aromatic rings. The first-order valence-corrected chi connectivity index (χ1v) is 9.37. The number of methoxy groups -OCH3 is 1. The van der Waals surface area contributed by atoms with Gasteiger partial charge in [-0.25, -0.2) is 4.98 Å². The van der Waals surface area contributed by atoms with Gasteiger partial charge < -0.3 is 9.64 Å². The Morgan fingerprint density at radius 1 is 1.07 bits per heavy atom. The summed E-state index contributed by atoms with van der Waals surface area (Å²) in [7, 11) is 3.73. The average molecular weight is 371 g/mol. The highest BCUT2D eigenvalue weighted by Gasteiger charge is 2.26. The molecule has 0 fully saturated rings. The Hall–Kier alpha value is -3.41. The number of nitrogens with zero attached hydrogens (tertiary/aromatic N) is 5. The molecule has 1 aliphatic heterocycles. The number of hydrogen-bond acceptors (Lipinski definition) is 5. The molecule has 6 heteroatoms. The number of ether oxygens (including phenoxy) is 1. The molecule has 6 nitrogen and oxygen atoms in total. The van der Waals surface area contributed by atoms with Gasteiger partial charge in [0.05, 0.1) is 7.11 Å². The van der Waals surface area contributed by atoms with Gasteiger partial charge in [0.25, 0.3) is 0 Å². The van der Waals surface area contributed by atoms with Crippen LogP contribution in [-0.4, -0.2) is 33.7 Å². The quantitative estimate of drug-likeness (QED) is 0.528. The fourth-order valence-electron chi connectivity index (χ4n) is 4.07. The van der Waals surface area contributed by atoms with Gasteiger partial charge in [-0.2, -0.15) is 0 Å². The van der Waals surface area contributed by atoms with Crippen molar-refractivity contribution >= 4 is 17.2 Å². The van der Waals surface area contributed by atoms with E-state index in [1.54, 1.807) is 7.11 Å². The Morgan fingerprint density at radius 3 is 2.79 bits per heavy atom. The van der Waals surface area contributed by atoms with Crippen LogP contribution in [0.1, 0.15) is 24.0 Å². The highest BCUT2D eigenvalue weighted by Crippen LogP contribution is 2.40. The third-order valence-electron chi connectivity index (χ3n) is 5.52. The predicted octanol–water partition coefficient (Wildman–Crippen LogP) is 4.23. The minimum atomic E-state index is 0.366. The van der Waals surface area contributed by atoms with Crippen LogP contribution in [0.2, 0.25) is 0 Å². The van der Waals surface area contributed by atoms with Crippen molar-refractivity contribution in [3.63, 3.8) is 0 Å². The summed E-state index contributed by atoms with van der Waals surface area (Å²) in [6.07, 6.45) is 2.68. The molecule has 0 saturated heterocycles. The van der Waals surface area contributed by atoms with Crippen molar-refractivity contribution in [1.29, 1.82) is 0 Å². The number of rotatable bonds is 2. The van der Waals surface area contributed by atoms with Crippen molar-refractivity contribution < 1.29 is 4.74 Å². The van der Waals surface area contributed by atoms with E-state index in [1.807, 2.05) is 35.0 Å². The van der Waals surface area contributed by atoms with E-state index in [0.717, 1.165) is 40.6 Å². The maximum atomic E-state index is 5.36. The second kappa shape index (κ2) is 6.34. The lowest BCUT2D eigenvalue weighted by molar-refractivity contribution is 0.415. The third-order valence-corrected chi connectivity index (χ3v) is 5.52. The Morgan fingerprint density at radius 2 is 1.93 bits per heavy atom. The summed E-state index contributed by atoms with van der Waals surface area (Å²) < 4.78 is 7.33. The Labute approximate surface area is 163 Å². The van der Waals surface area contributed by atoms with Crippen LogP contribution in [0, 0.1) is 0 Å². The van der Waals surface area contributed by atoms with Crippen LogP contribution < -0.4 is 9.64 Å². The van der Waals surface area contributed by atoms with Crippen molar-refractivity contribution in [3.8, 4) is 17.1 Å².